The minimum Gasteiger partial charge on any atom is -0.508 e. The molecule has 2 aromatic carbocycles. The molecular weight excluding hydrogens is 639 g/mol. The number of piperidine rings is 2. The first-order chi connectivity index (χ1) is 24.2. The molecule has 50 heavy (non-hydrogen) atoms. The van der Waals surface area contributed by atoms with Crippen molar-refractivity contribution in [2.75, 3.05) is 39.3 Å². The maximum absolute atomic E-state index is 14.5. The first-order valence-corrected chi connectivity index (χ1v) is 18.1. The summed E-state index contributed by atoms with van der Waals surface area (Å²) in [5.74, 6) is -0.232. The van der Waals surface area contributed by atoms with Gasteiger partial charge in [0.05, 0.1) is 30.2 Å². The zero-order valence-electron chi connectivity index (χ0n) is 28.3. The van der Waals surface area contributed by atoms with Crippen LogP contribution in [0.2, 0.25) is 0 Å². The van der Waals surface area contributed by atoms with Crippen LogP contribution in [-0.2, 0) is 20.9 Å². The number of para-hydroxylation sites is 1. The summed E-state index contributed by atoms with van der Waals surface area (Å²) in [7, 11) is 0. The molecule has 1 aromatic heterocycles. The van der Waals surface area contributed by atoms with E-state index in [1.54, 1.807) is 34.0 Å². The van der Waals surface area contributed by atoms with Gasteiger partial charge in [-0.25, -0.2) is 9.07 Å². The number of carbonyl (C=O) groups is 3. The summed E-state index contributed by atoms with van der Waals surface area (Å²) >= 11 is 0. The van der Waals surface area contributed by atoms with Crippen molar-refractivity contribution in [3.05, 3.63) is 66.1 Å². The zero-order chi connectivity index (χ0) is 34.4. The number of rotatable bonds is 4. The number of phenolic OH excluding ortho intramolecular Hbond substituents is 1. The Morgan fingerprint density at radius 1 is 0.900 bits per heavy atom. The summed E-state index contributed by atoms with van der Waals surface area (Å²) in [5, 5.41) is 22.6. The minimum absolute atomic E-state index is 0.00630. The lowest BCUT2D eigenvalue weighted by Gasteiger charge is -2.45. The second-order valence-corrected chi connectivity index (χ2v) is 14.8. The molecule has 2 N–H and O–H groups in total. The second kappa shape index (κ2) is 13.4. The zero-order valence-corrected chi connectivity index (χ0v) is 28.3. The quantitative estimate of drug-likeness (QED) is 0.430. The summed E-state index contributed by atoms with van der Waals surface area (Å²) in [6.45, 7) is 4.27. The maximum Gasteiger partial charge on any atom is 0.245 e. The van der Waals surface area contributed by atoms with Gasteiger partial charge >= 0.3 is 0 Å². The smallest absolute Gasteiger partial charge is 0.245 e. The van der Waals surface area contributed by atoms with E-state index in [2.05, 4.69) is 25.4 Å². The van der Waals surface area contributed by atoms with E-state index in [0.29, 0.717) is 64.2 Å². The van der Waals surface area contributed by atoms with Crippen molar-refractivity contribution < 1.29 is 23.9 Å². The Kier molecular flexibility index (Phi) is 8.80. The van der Waals surface area contributed by atoms with Crippen molar-refractivity contribution in [2.24, 2.45) is 0 Å². The molecule has 1 spiro atoms. The Balaban J connectivity index is 1.07. The first-order valence-electron chi connectivity index (χ1n) is 18.1. The van der Waals surface area contributed by atoms with Gasteiger partial charge in [0.2, 0.25) is 17.7 Å². The van der Waals surface area contributed by atoms with E-state index in [9.17, 15) is 23.9 Å². The Hall–Kier alpha value is -4.36. The Morgan fingerprint density at radius 3 is 2.42 bits per heavy atom. The summed E-state index contributed by atoms with van der Waals surface area (Å²) in [6.07, 6.45) is 6.85. The van der Waals surface area contributed by atoms with Crippen molar-refractivity contribution in [2.45, 2.75) is 87.6 Å². The molecule has 6 aliphatic rings. The minimum atomic E-state index is -0.754. The van der Waals surface area contributed by atoms with Crippen LogP contribution in [0.3, 0.4) is 0 Å². The third kappa shape index (κ3) is 6.37. The van der Waals surface area contributed by atoms with Crippen LogP contribution in [-0.4, -0.2) is 120 Å². The largest absolute Gasteiger partial charge is 0.508 e. The van der Waals surface area contributed by atoms with Gasteiger partial charge in [0.15, 0.2) is 0 Å². The van der Waals surface area contributed by atoms with E-state index in [1.807, 2.05) is 23.1 Å². The molecule has 2 bridgehead atoms. The molecular formula is C37H45FN8O4. The van der Waals surface area contributed by atoms with Crippen molar-refractivity contribution >= 4 is 17.7 Å². The van der Waals surface area contributed by atoms with Gasteiger partial charge in [-0.3, -0.25) is 24.2 Å². The molecule has 0 saturated carbocycles. The van der Waals surface area contributed by atoms with Gasteiger partial charge in [-0.15, -0.1) is 5.10 Å². The van der Waals surface area contributed by atoms with Gasteiger partial charge in [0.1, 0.15) is 23.3 Å². The number of phenols is 1. The number of aromatic nitrogens is 3. The number of nitrogens with one attached hydrogen (secondary N) is 1. The normalized spacial score (nSPS) is 26.7. The van der Waals surface area contributed by atoms with E-state index < -0.39 is 11.6 Å². The van der Waals surface area contributed by atoms with Crippen LogP contribution in [0.4, 0.5) is 4.39 Å². The maximum atomic E-state index is 14.5. The van der Waals surface area contributed by atoms with Crippen molar-refractivity contribution in [3.8, 4) is 17.0 Å². The van der Waals surface area contributed by atoms with Crippen molar-refractivity contribution in [1.29, 1.82) is 0 Å². The highest BCUT2D eigenvalue weighted by molar-refractivity contribution is 5.90. The summed E-state index contributed by atoms with van der Waals surface area (Å²) in [5.41, 5.74) is 1.42. The SMILES string of the molecule is O=C1NC2(CCN(Cc3ccccc3O)CC2)CC(=O)N2C[C@@H](n3cc(-c4ccc(F)cc4)nn3)C[C@H]2C(=O)N2CCC(CC2)N2CCC[C@@H]12. The van der Waals surface area contributed by atoms with Gasteiger partial charge in [-0.2, -0.15) is 0 Å². The lowest BCUT2D eigenvalue weighted by atomic mass is 9.83. The number of benzene rings is 2. The second-order valence-electron chi connectivity index (χ2n) is 14.8. The highest BCUT2D eigenvalue weighted by Crippen LogP contribution is 2.36. The van der Waals surface area contributed by atoms with E-state index >= 15 is 0 Å². The Morgan fingerprint density at radius 2 is 1.66 bits per heavy atom. The average Bonchev–Trinajstić information content (AvgIpc) is 3.91. The number of fused-ring (bicyclic) bond motifs is 4. The van der Waals surface area contributed by atoms with E-state index in [-0.39, 0.29) is 53.8 Å². The molecule has 3 atom stereocenters. The van der Waals surface area contributed by atoms with E-state index in [1.165, 1.54) is 12.1 Å². The number of aromatic hydroxyl groups is 1. The standard InChI is InChI=1S/C37H45FN8O4/c38-27-9-7-25(8-10-27)30-24-46(41-40-30)29-20-32-36(50)43-16-11-28(12-17-43)44-15-3-5-31(44)35(49)39-37(21-34(48)45(32)23-29)13-18-42(19-14-37)22-26-4-1-2-6-33(26)47/h1-2,4,6-10,24,28-29,31-32,47H,3,5,11-23H2,(H,39,49)/t29-,31-,32-/m0/s1. The molecule has 0 aliphatic carbocycles. The molecule has 13 heteroatoms. The van der Waals surface area contributed by atoms with Gasteiger partial charge in [-0.1, -0.05) is 23.4 Å². The van der Waals surface area contributed by atoms with Crippen molar-refractivity contribution in [1.82, 2.24) is 39.9 Å². The lowest BCUT2D eigenvalue weighted by Crippen LogP contribution is -2.62. The van der Waals surface area contributed by atoms with E-state index in [4.69, 9.17) is 0 Å². The predicted molar refractivity (Wildman–Crippen MR) is 182 cm³/mol. The molecule has 0 unspecified atom stereocenters. The number of carbonyl (C=O) groups excluding carboxylic acids is 3. The molecule has 12 nitrogen and oxygen atoms in total. The molecule has 264 valence electrons. The van der Waals surface area contributed by atoms with Crippen LogP contribution in [0.15, 0.2) is 54.7 Å². The van der Waals surface area contributed by atoms with Crippen molar-refractivity contribution in [3.63, 3.8) is 0 Å². The number of nitrogens with zero attached hydrogens (tertiary/aromatic N) is 7. The third-order valence-corrected chi connectivity index (χ3v) is 11.8. The third-order valence-electron chi connectivity index (χ3n) is 11.8. The summed E-state index contributed by atoms with van der Waals surface area (Å²) in [6, 6.07) is 12.5. The molecule has 6 fully saturated rings. The van der Waals surface area contributed by atoms with Crippen LogP contribution in [0.25, 0.3) is 11.3 Å². The van der Waals surface area contributed by atoms with Crippen LogP contribution in [0.1, 0.15) is 63.0 Å². The fourth-order valence-electron chi connectivity index (χ4n) is 8.97. The molecule has 3 aromatic rings. The first kappa shape index (κ1) is 32.8. The highest BCUT2D eigenvalue weighted by Gasteiger charge is 2.48. The number of hydrogen-bond donors (Lipinski definition) is 2. The van der Waals surface area contributed by atoms with Gasteiger partial charge in [0, 0.05) is 62.9 Å². The van der Waals surface area contributed by atoms with Crippen LogP contribution in [0.5, 0.6) is 5.75 Å². The van der Waals surface area contributed by atoms with Gasteiger partial charge < -0.3 is 20.2 Å². The summed E-state index contributed by atoms with van der Waals surface area (Å²) < 4.78 is 15.3. The number of halogens is 1. The number of hydrogen-bond acceptors (Lipinski definition) is 8. The molecule has 3 amide bonds. The summed E-state index contributed by atoms with van der Waals surface area (Å²) in [4.78, 5) is 51.2. The lowest BCUT2D eigenvalue weighted by molar-refractivity contribution is -0.147. The Labute approximate surface area is 291 Å². The topological polar surface area (TPSA) is 127 Å². The Bertz CT molecular complexity index is 1730. The van der Waals surface area contributed by atoms with Gasteiger partial charge in [-0.05, 0) is 75.4 Å². The molecule has 0 radical (unpaired) electrons. The number of likely N-dealkylation sites (tertiary alicyclic amines) is 1. The highest BCUT2D eigenvalue weighted by atomic mass is 19.1. The average molecular weight is 685 g/mol. The van der Waals surface area contributed by atoms with Crippen LogP contribution < -0.4 is 5.32 Å². The van der Waals surface area contributed by atoms with Gasteiger partial charge in [0.25, 0.3) is 0 Å². The molecule has 7 heterocycles. The van der Waals surface area contributed by atoms with Crippen LogP contribution in [0, 0.1) is 5.82 Å². The molecule has 6 aliphatic heterocycles. The van der Waals surface area contributed by atoms with E-state index in [0.717, 1.165) is 43.4 Å². The molecule has 6 saturated heterocycles. The fourth-order valence-corrected chi connectivity index (χ4v) is 8.97. The fraction of sp³-hybridized carbons (Fsp3) is 0.541. The molecule has 9 rings (SSSR count). The monoisotopic (exact) mass is 684 g/mol. The number of amides is 3. The predicted octanol–water partition coefficient (Wildman–Crippen LogP) is 2.94. The van der Waals surface area contributed by atoms with Crippen LogP contribution >= 0.6 is 0 Å².